The van der Waals surface area contributed by atoms with Crippen LogP contribution in [0.25, 0.3) is 0 Å². The van der Waals surface area contributed by atoms with E-state index in [-0.39, 0.29) is 18.4 Å². The van der Waals surface area contributed by atoms with Crippen molar-refractivity contribution in [2.75, 3.05) is 11.4 Å². The minimum atomic E-state index is -0.805. The largest absolute Gasteiger partial charge is 0.360 e. The van der Waals surface area contributed by atoms with E-state index in [4.69, 9.17) is 32.5 Å². The lowest BCUT2D eigenvalue weighted by molar-refractivity contribution is -0.132. The van der Waals surface area contributed by atoms with Crippen LogP contribution in [0, 0.1) is 18.8 Å². The Kier molecular flexibility index (Phi) is 4.24. The van der Waals surface area contributed by atoms with E-state index in [2.05, 4.69) is 10.5 Å². The number of ether oxygens (including phenoxy) is 1. The fourth-order valence-electron chi connectivity index (χ4n) is 4.43. The molecule has 2 saturated heterocycles. The smallest absolute Gasteiger partial charge is 0.235 e. The molecule has 3 aliphatic heterocycles. The van der Waals surface area contributed by atoms with Crippen LogP contribution in [0.2, 0.25) is 10.0 Å². The number of hydrogen-bond donors (Lipinski definition) is 1. The fraction of sp³-hybridized carbons (Fsp3) is 0.350. The average Bonchev–Trinajstić information content (AvgIpc) is 3.43. The van der Waals surface area contributed by atoms with E-state index < -0.39 is 23.5 Å². The monoisotopic (exact) mass is 433 g/mol. The Bertz CT molecular complexity index is 1050. The van der Waals surface area contributed by atoms with Gasteiger partial charge in [0.2, 0.25) is 11.8 Å². The highest BCUT2D eigenvalue weighted by Gasteiger charge is 2.67. The second-order valence-electron chi connectivity index (χ2n) is 7.59. The van der Waals surface area contributed by atoms with E-state index in [9.17, 15) is 9.59 Å². The van der Waals surface area contributed by atoms with E-state index in [1.807, 2.05) is 12.2 Å². The first kappa shape index (κ1) is 18.7. The Morgan fingerprint density at radius 2 is 2.17 bits per heavy atom. The highest BCUT2D eigenvalue weighted by Crippen LogP contribution is 2.52. The molecule has 4 heterocycles. The highest BCUT2D eigenvalue weighted by atomic mass is 35.5. The van der Waals surface area contributed by atoms with Crippen molar-refractivity contribution in [1.29, 1.82) is 0 Å². The highest BCUT2D eigenvalue weighted by molar-refractivity contribution is 6.42. The molecule has 2 bridgehead atoms. The number of anilines is 1. The van der Waals surface area contributed by atoms with E-state index in [0.717, 1.165) is 5.56 Å². The third-order valence-electron chi connectivity index (χ3n) is 5.75. The molecule has 1 N–H and O–H groups in total. The predicted molar refractivity (Wildman–Crippen MR) is 106 cm³/mol. The molecule has 9 heteroatoms. The number of carbonyl (C=O) groups is 2. The molecule has 4 atom stereocenters. The van der Waals surface area contributed by atoms with Gasteiger partial charge < -0.3 is 14.6 Å². The van der Waals surface area contributed by atoms with Crippen LogP contribution in [-0.4, -0.2) is 35.2 Å². The zero-order valence-electron chi connectivity index (χ0n) is 15.4. The number of benzene rings is 1. The van der Waals surface area contributed by atoms with Crippen molar-refractivity contribution >= 4 is 40.8 Å². The number of fused-ring (bicyclic) bond motifs is 1. The number of amides is 2. The van der Waals surface area contributed by atoms with Gasteiger partial charge in [-0.25, -0.2) is 0 Å². The maximum Gasteiger partial charge on any atom is 0.235 e. The van der Waals surface area contributed by atoms with Gasteiger partial charge in [-0.05, 0) is 24.6 Å². The van der Waals surface area contributed by atoms with Crippen LogP contribution in [0.1, 0.15) is 11.3 Å². The molecule has 1 aromatic carbocycles. The molecule has 29 heavy (non-hydrogen) atoms. The molecule has 7 nitrogen and oxygen atoms in total. The second-order valence-corrected chi connectivity index (χ2v) is 8.40. The summed E-state index contributed by atoms with van der Waals surface area (Å²) in [5.41, 5.74) is 0.0136. The zero-order valence-corrected chi connectivity index (χ0v) is 16.9. The van der Waals surface area contributed by atoms with Crippen molar-refractivity contribution in [3.63, 3.8) is 0 Å². The molecule has 1 aromatic heterocycles. The Morgan fingerprint density at radius 3 is 2.90 bits per heavy atom. The second kappa shape index (κ2) is 6.58. The Morgan fingerprint density at radius 1 is 1.34 bits per heavy atom. The number of hydrogen-bond acceptors (Lipinski definition) is 5. The summed E-state index contributed by atoms with van der Waals surface area (Å²) in [7, 11) is 0. The summed E-state index contributed by atoms with van der Waals surface area (Å²) in [5.74, 6) is -0.564. The molecule has 2 aromatic rings. The Balaban J connectivity index is 1.36. The van der Waals surface area contributed by atoms with Crippen molar-refractivity contribution in [2.24, 2.45) is 11.8 Å². The van der Waals surface area contributed by atoms with Crippen molar-refractivity contribution in [3.05, 3.63) is 57.8 Å². The number of nitrogens with zero attached hydrogens (tertiary/aromatic N) is 2. The van der Waals surface area contributed by atoms with Crippen LogP contribution in [0.5, 0.6) is 0 Å². The lowest BCUT2D eigenvalue weighted by atomic mass is 9.77. The zero-order chi connectivity index (χ0) is 20.3. The third-order valence-corrected chi connectivity index (χ3v) is 6.48. The molecule has 0 unspecified atom stereocenters. The van der Waals surface area contributed by atoms with Gasteiger partial charge >= 0.3 is 0 Å². The van der Waals surface area contributed by atoms with Gasteiger partial charge in [0.1, 0.15) is 11.4 Å². The first-order valence-electron chi connectivity index (χ1n) is 9.21. The number of halogens is 2. The predicted octanol–water partition coefficient (Wildman–Crippen LogP) is 2.89. The van der Waals surface area contributed by atoms with Gasteiger partial charge in [-0.1, -0.05) is 46.6 Å². The lowest BCUT2D eigenvalue weighted by Crippen LogP contribution is -2.44. The number of aryl methyl sites for hydroxylation is 1. The van der Waals surface area contributed by atoms with Gasteiger partial charge in [0.05, 0.1) is 34.5 Å². The van der Waals surface area contributed by atoms with Gasteiger partial charge in [0, 0.05) is 12.6 Å². The summed E-state index contributed by atoms with van der Waals surface area (Å²) in [6.45, 7) is 2.35. The molecule has 1 spiro atoms. The van der Waals surface area contributed by atoms with E-state index in [0.29, 0.717) is 28.2 Å². The molecule has 2 fully saturated rings. The number of rotatable bonds is 4. The van der Waals surface area contributed by atoms with Gasteiger partial charge in [-0.2, -0.15) is 0 Å². The van der Waals surface area contributed by atoms with Gasteiger partial charge in [0.25, 0.3) is 0 Å². The van der Waals surface area contributed by atoms with Crippen LogP contribution in [0.3, 0.4) is 0 Å². The average molecular weight is 434 g/mol. The standard InChI is InChI=1S/C20H17Cl2N3O4/c1-10-6-15(24-29-10)25-9-20-5-4-14(28-20)16(17(20)19(25)27)18(26)23-8-11-2-3-12(21)13(22)7-11/h2-7,14,16-17H,8-9H2,1H3,(H,23,26)/t14-,16+,17-,20+/m1/s1. The van der Waals surface area contributed by atoms with Crippen molar-refractivity contribution in [3.8, 4) is 0 Å². The summed E-state index contributed by atoms with van der Waals surface area (Å²) in [6.07, 6.45) is 3.35. The van der Waals surface area contributed by atoms with Crippen LogP contribution in [-0.2, 0) is 20.9 Å². The molecular weight excluding hydrogens is 417 g/mol. The summed E-state index contributed by atoms with van der Waals surface area (Å²) < 4.78 is 11.2. The molecule has 0 radical (unpaired) electrons. The van der Waals surface area contributed by atoms with Gasteiger partial charge in [0.15, 0.2) is 5.82 Å². The Hall–Kier alpha value is -2.35. The fourth-order valence-corrected chi connectivity index (χ4v) is 4.75. The summed E-state index contributed by atoms with van der Waals surface area (Å²) in [6, 6.07) is 6.88. The topological polar surface area (TPSA) is 84.7 Å². The lowest BCUT2D eigenvalue weighted by Gasteiger charge is -2.23. The van der Waals surface area contributed by atoms with E-state index >= 15 is 0 Å². The minimum absolute atomic E-state index is 0.181. The van der Waals surface area contributed by atoms with Crippen LogP contribution in [0.4, 0.5) is 5.82 Å². The SMILES string of the molecule is Cc1cc(N2C[C@]34C=C[C@@H](O3)[C@H](C(=O)NCc3ccc(Cl)c(Cl)c3)[C@@H]4C2=O)no1. The van der Waals surface area contributed by atoms with Crippen molar-refractivity contribution < 1.29 is 18.8 Å². The maximum absolute atomic E-state index is 13.2. The van der Waals surface area contributed by atoms with Crippen molar-refractivity contribution in [2.45, 2.75) is 25.2 Å². The van der Waals surface area contributed by atoms with Crippen LogP contribution >= 0.6 is 23.2 Å². The molecule has 150 valence electrons. The van der Waals surface area contributed by atoms with E-state index in [1.54, 1.807) is 31.2 Å². The number of aromatic nitrogens is 1. The molecule has 3 aliphatic rings. The minimum Gasteiger partial charge on any atom is -0.360 e. The van der Waals surface area contributed by atoms with E-state index in [1.165, 1.54) is 4.90 Å². The first-order chi connectivity index (χ1) is 13.9. The number of carbonyl (C=O) groups excluding carboxylic acids is 2. The summed E-state index contributed by atoms with van der Waals surface area (Å²) in [5, 5.41) is 7.72. The summed E-state index contributed by atoms with van der Waals surface area (Å²) in [4.78, 5) is 27.7. The maximum atomic E-state index is 13.2. The normalized spacial score (nSPS) is 29.6. The summed E-state index contributed by atoms with van der Waals surface area (Å²) >= 11 is 12.0. The molecule has 0 saturated carbocycles. The molecule has 0 aliphatic carbocycles. The number of nitrogens with one attached hydrogen (secondary N) is 1. The molecule has 2 amide bonds. The first-order valence-corrected chi connectivity index (χ1v) is 9.97. The molecular formula is C20H17Cl2N3O4. The molecule has 5 rings (SSSR count). The Labute approximate surface area is 176 Å². The van der Waals surface area contributed by atoms with Crippen LogP contribution in [0.15, 0.2) is 40.9 Å². The quantitative estimate of drug-likeness (QED) is 0.749. The van der Waals surface area contributed by atoms with Gasteiger partial charge in [-0.15, -0.1) is 0 Å². The van der Waals surface area contributed by atoms with Crippen molar-refractivity contribution in [1.82, 2.24) is 10.5 Å². The van der Waals surface area contributed by atoms with Crippen LogP contribution < -0.4 is 10.2 Å². The third kappa shape index (κ3) is 2.87. The van der Waals surface area contributed by atoms with Gasteiger partial charge in [-0.3, -0.25) is 14.5 Å².